The van der Waals surface area contributed by atoms with Gasteiger partial charge in [-0.25, -0.2) is 0 Å². The van der Waals surface area contributed by atoms with Gasteiger partial charge in [-0.05, 0) is 25.0 Å². The molecule has 0 heterocycles. The van der Waals surface area contributed by atoms with Crippen molar-refractivity contribution in [1.82, 2.24) is 5.32 Å². The van der Waals surface area contributed by atoms with E-state index < -0.39 is 0 Å². The number of nitrogens with one attached hydrogen (secondary N) is 1. The third-order valence-corrected chi connectivity index (χ3v) is 4.56. The molecule has 112 valence electrons. The molecule has 0 atom stereocenters. The molecule has 1 rings (SSSR count). The second kappa shape index (κ2) is 7.16. The van der Waals surface area contributed by atoms with Crippen LogP contribution in [0.4, 0.5) is 5.69 Å². The average molecular weight is 319 g/mol. The van der Waals surface area contributed by atoms with Crippen molar-refractivity contribution in [2.75, 3.05) is 18.9 Å². The molecule has 4 nitrogen and oxygen atoms in total. The summed E-state index contributed by atoms with van der Waals surface area (Å²) >= 11 is 11.9. The van der Waals surface area contributed by atoms with Gasteiger partial charge >= 0.3 is 0 Å². The predicted octanol–water partition coefficient (Wildman–Crippen LogP) is 3.10. The maximum atomic E-state index is 12.2. The van der Waals surface area contributed by atoms with Gasteiger partial charge in [-0.1, -0.05) is 37.0 Å². The van der Waals surface area contributed by atoms with E-state index in [9.17, 15) is 9.90 Å². The van der Waals surface area contributed by atoms with E-state index >= 15 is 0 Å². The summed E-state index contributed by atoms with van der Waals surface area (Å²) in [5.74, 6) is -0.344. The predicted molar refractivity (Wildman–Crippen MR) is 83.3 cm³/mol. The normalized spacial score (nSPS) is 11.4. The highest BCUT2D eigenvalue weighted by Crippen LogP contribution is 2.29. The fraction of sp³-hybridized carbons (Fsp3) is 0.500. The van der Waals surface area contributed by atoms with Gasteiger partial charge in [0.15, 0.2) is 0 Å². The fourth-order valence-electron chi connectivity index (χ4n) is 1.92. The topological polar surface area (TPSA) is 75.3 Å². The summed E-state index contributed by atoms with van der Waals surface area (Å²) < 4.78 is 0. The summed E-state index contributed by atoms with van der Waals surface area (Å²) in [7, 11) is 0. The van der Waals surface area contributed by atoms with E-state index in [0.29, 0.717) is 12.2 Å². The average Bonchev–Trinajstić information content (AvgIpc) is 2.44. The number of carbonyl (C=O) groups excluding carboxylic acids is 1. The van der Waals surface area contributed by atoms with E-state index in [0.717, 1.165) is 12.8 Å². The van der Waals surface area contributed by atoms with E-state index in [4.69, 9.17) is 28.9 Å². The van der Waals surface area contributed by atoms with Crippen LogP contribution in [0.1, 0.15) is 37.0 Å². The number of carbonyl (C=O) groups is 1. The first kappa shape index (κ1) is 17.1. The molecule has 4 N–H and O–H groups in total. The molecular formula is C14H20Cl2N2O2. The largest absolute Gasteiger partial charge is 0.399 e. The van der Waals surface area contributed by atoms with Crippen molar-refractivity contribution in [2.45, 2.75) is 26.7 Å². The van der Waals surface area contributed by atoms with Crippen molar-refractivity contribution in [3.63, 3.8) is 0 Å². The number of nitrogens with two attached hydrogens (primary N) is 1. The first-order valence-electron chi connectivity index (χ1n) is 6.52. The zero-order valence-electron chi connectivity index (χ0n) is 11.7. The molecule has 0 aliphatic heterocycles. The number of amides is 1. The zero-order valence-corrected chi connectivity index (χ0v) is 13.2. The monoisotopic (exact) mass is 318 g/mol. The van der Waals surface area contributed by atoms with Crippen LogP contribution < -0.4 is 11.1 Å². The first-order valence-corrected chi connectivity index (χ1v) is 7.28. The second-order valence-corrected chi connectivity index (χ2v) is 5.70. The number of rotatable bonds is 6. The molecule has 1 amide bonds. The number of benzene rings is 1. The van der Waals surface area contributed by atoms with Crippen LogP contribution in [0, 0.1) is 5.41 Å². The summed E-state index contributed by atoms with van der Waals surface area (Å²) in [5, 5.41) is 12.7. The molecule has 1 aromatic rings. The molecule has 0 bridgehead atoms. The fourth-order valence-corrected chi connectivity index (χ4v) is 2.34. The number of hydrogen-bond acceptors (Lipinski definition) is 3. The third kappa shape index (κ3) is 3.78. The Morgan fingerprint density at radius 2 is 1.95 bits per heavy atom. The van der Waals surface area contributed by atoms with Gasteiger partial charge in [0.05, 0.1) is 22.2 Å². The van der Waals surface area contributed by atoms with Crippen molar-refractivity contribution in [1.29, 1.82) is 0 Å². The van der Waals surface area contributed by atoms with Gasteiger partial charge in [-0.15, -0.1) is 0 Å². The van der Waals surface area contributed by atoms with Gasteiger partial charge in [0.2, 0.25) is 0 Å². The highest BCUT2D eigenvalue weighted by Gasteiger charge is 2.26. The lowest BCUT2D eigenvalue weighted by Crippen LogP contribution is -2.39. The third-order valence-electron chi connectivity index (χ3n) is 3.75. The highest BCUT2D eigenvalue weighted by molar-refractivity contribution is 6.44. The van der Waals surface area contributed by atoms with Gasteiger partial charge in [0, 0.05) is 17.6 Å². The van der Waals surface area contributed by atoms with Gasteiger partial charge in [-0.3, -0.25) is 4.79 Å². The summed E-state index contributed by atoms with van der Waals surface area (Å²) in [6.45, 7) is 4.36. The van der Waals surface area contributed by atoms with Crippen molar-refractivity contribution >= 4 is 34.8 Å². The molecule has 6 heteroatoms. The molecule has 0 saturated heterocycles. The molecule has 1 aromatic carbocycles. The van der Waals surface area contributed by atoms with Crippen LogP contribution in [0.5, 0.6) is 0 Å². The number of aliphatic hydroxyl groups is 1. The summed E-state index contributed by atoms with van der Waals surface area (Å²) in [6.07, 6.45) is 1.54. The molecule has 0 radical (unpaired) electrons. The number of anilines is 1. The van der Waals surface area contributed by atoms with Crippen molar-refractivity contribution in [2.24, 2.45) is 5.41 Å². The highest BCUT2D eigenvalue weighted by atomic mass is 35.5. The van der Waals surface area contributed by atoms with E-state index in [1.807, 2.05) is 13.8 Å². The van der Waals surface area contributed by atoms with Gasteiger partial charge in [-0.2, -0.15) is 0 Å². The Morgan fingerprint density at radius 1 is 1.35 bits per heavy atom. The Bertz CT molecular complexity index is 480. The molecule has 20 heavy (non-hydrogen) atoms. The van der Waals surface area contributed by atoms with E-state index in [-0.39, 0.29) is 33.5 Å². The molecule has 0 spiro atoms. The molecule has 0 fully saturated rings. The summed E-state index contributed by atoms with van der Waals surface area (Å²) in [4.78, 5) is 12.2. The molecule has 0 unspecified atom stereocenters. The van der Waals surface area contributed by atoms with Crippen LogP contribution in [0.2, 0.25) is 10.0 Å². The second-order valence-electron chi connectivity index (χ2n) is 4.91. The summed E-state index contributed by atoms with van der Waals surface area (Å²) in [6, 6.07) is 2.98. The van der Waals surface area contributed by atoms with Gasteiger partial charge < -0.3 is 16.2 Å². The van der Waals surface area contributed by atoms with Gasteiger partial charge in [0.1, 0.15) is 0 Å². The van der Waals surface area contributed by atoms with Crippen LogP contribution in [-0.2, 0) is 0 Å². The Labute approximate surface area is 129 Å². The molecule has 0 aliphatic rings. The van der Waals surface area contributed by atoms with Gasteiger partial charge in [0.25, 0.3) is 5.91 Å². The van der Waals surface area contributed by atoms with Crippen LogP contribution in [0.15, 0.2) is 12.1 Å². The minimum absolute atomic E-state index is 0.0195. The SMILES string of the molecule is CCC(CC)(CO)CNC(=O)c1cc(N)cc(Cl)c1Cl. The standard InChI is InChI=1S/C14H20Cl2N2O2/c1-3-14(4-2,8-19)7-18-13(20)10-5-9(17)6-11(15)12(10)16/h5-6,19H,3-4,7-8,17H2,1-2H3,(H,18,20). The zero-order chi connectivity index (χ0) is 15.3. The molecule has 0 aromatic heterocycles. The van der Waals surface area contributed by atoms with Crippen molar-refractivity contribution < 1.29 is 9.90 Å². The molecule has 0 aliphatic carbocycles. The number of aliphatic hydroxyl groups excluding tert-OH is 1. The van der Waals surface area contributed by atoms with Crippen molar-refractivity contribution in [3.05, 3.63) is 27.7 Å². The lowest BCUT2D eigenvalue weighted by atomic mass is 9.83. The quantitative estimate of drug-likeness (QED) is 0.705. The first-order chi connectivity index (χ1) is 9.39. The van der Waals surface area contributed by atoms with Crippen LogP contribution in [0.25, 0.3) is 0 Å². The van der Waals surface area contributed by atoms with Crippen LogP contribution in [0.3, 0.4) is 0 Å². The van der Waals surface area contributed by atoms with E-state index in [1.54, 1.807) is 0 Å². The van der Waals surface area contributed by atoms with Crippen LogP contribution >= 0.6 is 23.2 Å². The van der Waals surface area contributed by atoms with E-state index in [1.165, 1.54) is 12.1 Å². The lowest BCUT2D eigenvalue weighted by molar-refractivity contribution is 0.0851. The molecule has 0 saturated carbocycles. The minimum Gasteiger partial charge on any atom is -0.399 e. The summed E-state index contributed by atoms with van der Waals surface area (Å²) in [5.41, 5.74) is 5.97. The van der Waals surface area contributed by atoms with E-state index in [2.05, 4.69) is 5.32 Å². The Morgan fingerprint density at radius 3 is 2.45 bits per heavy atom. The number of halogens is 2. The number of hydrogen-bond donors (Lipinski definition) is 3. The minimum atomic E-state index is -0.344. The van der Waals surface area contributed by atoms with Crippen molar-refractivity contribution in [3.8, 4) is 0 Å². The van der Waals surface area contributed by atoms with Crippen LogP contribution in [-0.4, -0.2) is 24.2 Å². The maximum Gasteiger partial charge on any atom is 0.252 e. The molecular weight excluding hydrogens is 299 g/mol. The Kier molecular flexibility index (Phi) is 6.11. The smallest absolute Gasteiger partial charge is 0.252 e. The maximum absolute atomic E-state index is 12.2. The lowest BCUT2D eigenvalue weighted by Gasteiger charge is -2.29. The Balaban J connectivity index is 2.87. The number of nitrogen functional groups attached to an aromatic ring is 1. The Hall–Kier alpha value is -0.970.